The quantitative estimate of drug-likeness (QED) is 0.478. The number of likely N-dealkylation sites (tertiary alicyclic amines) is 1. The Morgan fingerprint density at radius 2 is 1.71 bits per heavy atom. The highest BCUT2D eigenvalue weighted by Crippen LogP contribution is 2.41. The summed E-state index contributed by atoms with van der Waals surface area (Å²) in [7, 11) is 0. The lowest BCUT2D eigenvalue weighted by molar-refractivity contribution is -0.147. The van der Waals surface area contributed by atoms with E-state index in [4.69, 9.17) is 14.2 Å². The van der Waals surface area contributed by atoms with Crippen molar-refractivity contribution in [2.24, 2.45) is 11.8 Å². The van der Waals surface area contributed by atoms with Gasteiger partial charge in [0.15, 0.2) is 0 Å². The van der Waals surface area contributed by atoms with Gasteiger partial charge >= 0.3 is 18.0 Å². The molecule has 2 aromatic rings. The number of carbonyl (C=O) groups is 3. The molecular formula is C30H37NO7. The van der Waals surface area contributed by atoms with E-state index in [2.05, 4.69) is 0 Å². The molecule has 1 heterocycles. The largest absolute Gasteiger partial charge is 0.489 e. The van der Waals surface area contributed by atoms with E-state index in [0.29, 0.717) is 30.7 Å². The minimum atomic E-state index is -1.03. The van der Waals surface area contributed by atoms with Crippen LogP contribution in [0.2, 0.25) is 0 Å². The Labute approximate surface area is 223 Å². The first-order valence-corrected chi connectivity index (χ1v) is 13.3. The summed E-state index contributed by atoms with van der Waals surface area (Å²) in [5.41, 5.74) is 1.61. The van der Waals surface area contributed by atoms with E-state index in [1.54, 1.807) is 33.8 Å². The summed E-state index contributed by atoms with van der Waals surface area (Å²) in [5.74, 6) is -0.755. The van der Waals surface area contributed by atoms with Crippen molar-refractivity contribution in [2.45, 2.75) is 71.1 Å². The molecule has 38 heavy (non-hydrogen) atoms. The third-order valence-electron chi connectivity index (χ3n) is 7.22. The fraction of sp³-hybridized carbons (Fsp3) is 0.500. The molecule has 4 unspecified atom stereocenters. The Hall–Kier alpha value is -3.55. The van der Waals surface area contributed by atoms with Gasteiger partial charge in [0.05, 0.1) is 12.7 Å². The second-order valence-corrected chi connectivity index (χ2v) is 11.1. The molecule has 4 atom stereocenters. The third kappa shape index (κ3) is 6.47. The smallest absolute Gasteiger partial charge is 0.411 e. The Morgan fingerprint density at radius 3 is 2.37 bits per heavy atom. The first kappa shape index (κ1) is 27.5. The second kappa shape index (κ2) is 11.5. The van der Waals surface area contributed by atoms with Crippen molar-refractivity contribution in [1.29, 1.82) is 0 Å². The van der Waals surface area contributed by atoms with Crippen molar-refractivity contribution in [2.75, 3.05) is 13.2 Å². The molecule has 4 rings (SSSR count). The first-order chi connectivity index (χ1) is 18.1. The van der Waals surface area contributed by atoms with Crippen molar-refractivity contribution in [3.8, 4) is 16.9 Å². The maximum Gasteiger partial charge on any atom is 0.411 e. The number of hydrogen-bond acceptors (Lipinski definition) is 6. The summed E-state index contributed by atoms with van der Waals surface area (Å²) < 4.78 is 17.2. The lowest BCUT2D eigenvalue weighted by Gasteiger charge is -2.46. The number of hydrogen-bond donors (Lipinski definition) is 1. The number of benzene rings is 2. The molecule has 2 fully saturated rings. The average Bonchev–Trinajstić information content (AvgIpc) is 2.87. The standard InChI is InChI=1S/C30H37NO7/c1-5-36-28(34)24-14-12-20(19-9-7-6-8-10-19)17-26(24)37-23-13-11-21-18-31(29(35)38-30(2,3)4)25(27(32)33)16-22(21)15-23/h6-10,12,14,17,21-23,25H,5,11,13,15-16,18H2,1-4H3,(H,32,33). The molecule has 0 bridgehead atoms. The number of aliphatic carboxylic acids is 1. The average molecular weight is 524 g/mol. The van der Waals surface area contributed by atoms with Crippen LogP contribution in [0.4, 0.5) is 4.79 Å². The van der Waals surface area contributed by atoms with Crippen LogP contribution in [0.3, 0.4) is 0 Å². The highest BCUT2D eigenvalue weighted by Gasteiger charge is 2.45. The maximum atomic E-state index is 12.8. The van der Waals surface area contributed by atoms with Crippen molar-refractivity contribution < 1.29 is 33.7 Å². The molecule has 0 spiro atoms. The summed E-state index contributed by atoms with van der Waals surface area (Å²) in [6.07, 6.45) is 1.74. The van der Waals surface area contributed by atoms with Gasteiger partial charge in [0, 0.05) is 6.54 Å². The van der Waals surface area contributed by atoms with Crippen LogP contribution >= 0.6 is 0 Å². The number of rotatable bonds is 6. The topological polar surface area (TPSA) is 102 Å². The van der Waals surface area contributed by atoms with Crippen LogP contribution in [0, 0.1) is 11.8 Å². The predicted molar refractivity (Wildman–Crippen MR) is 142 cm³/mol. The van der Waals surface area contributed by atoms with Crippen LogP contribution in [0.5, 0.6) is 5.75 Å². The zero-order valence-electron chi connectivity index (χ0n) is 22.5. The third-order valence-corrected chi connectivity index (χ3v) is 7.22. The van der Waals surface area contributed by atoms with Gasteiger partial charge in [-0.1, -0.05) is 36.4 Å². The summed E-state index contributed by atoms with van der Waals surface area (Å²) in [6.45, 7) is 7.69. The molecule has 8 nitrogen and oxygen atoms in total. The highest BCUT2D eigenvalue weighted by molar-refractivity contribution is 5.93. The number of ether oxygens (including phenoxy) is 3. The maximum absolute atomic E-state index is 12.8. The van der Waals surface area contributed by atoms with Crippen LogP contribution in [-0.2, 0) is 14.3 Å². The Morgan fingerprint density at radius 1 is 0.974 bits per heavy atom. The van der Waals surface area contributed by atoms with E-state index >= 15 is 0 Å². The number of nitrogens with zero attached hydrogens (tertiary/aromatic N) is 1. The summed E-state index contributed by atoms with van der Waals surface area (Å²) in [5, 5.41) is 9.90. The number of amides is 1. The number of piperidine rings is 1. The SMILES string of the molecule is CCOC(=O)c1ccc(-c2ccccc2)cc1OC1CCC2CN(C(=O)OC(C)(C)C)C(C(=O)O)CC2C1. The Kier molecular flexibility index (Phi) is 8.29. The number of fused-ring (bicyclic) bond motifs is 1. The minimum Gasteiger partial charge on any atom is -0.489 e. The molecule has 1 aliphatic carbocycles. The Bertz CT molecular complexity index is 1160. The van der Waals surface area contributed by atoms with E-state index in [-0.39, 0.29) is 24.5 Å². The lowest BCUT2D eigenvalue weighted by Crippen LogP contribution is -2.56. The van der Waals surface area contributed by atoms with Gasteiger partial charge < -0.3 is 19.3 Å². The number of carbonyl (C=O) groups excluding carboxylic acids is 2. The number of carboxylic acids is 1. The zero-order valence-corrected chi connectivity index (χ0v) is 22.5. The van der Waals surface area contributed by atoms with Gasteiger partial charge in [-0.3, -0.25) is 4.90 Å². The van der Waals surface area contributed by atoms with E-state index in [1.165, 1.54) is 4.90 Å². The van der Waals surface area contributed by atoms with Gasteiger partial charge in [-0.25, -0.2) is 14.4 Å². The molecule has 1 N–H and O–H groups in total. The van der Waals surface area contributed by atoms with E-state index < -0.39 is 29.7 Å². The monoisotopic (exact) mass is 523 g/mol. The molecule has 0 radical (unpaired) electrons. The number of esters is 1. The molecule has 2 aliphatic rings. The van der Waals surface area contributed by atoms with E-state index in [0.717, 1.165) is 24.0 Å². The van der Waals surface area contributed by atoms with Gasteiger partial charge in [-0.15, -0.1) is 0 Å². The van der Waals surface area contributed by atoms with Crippen molar-refractivity contribution >= 4 is 18.0 Å². The Balaban J connectivity index is 1.52. The van der Waals surface area contributed by atoms with E-state index in [1.807, 2.05) is 42.5 Å². The first-order valence-electron chi connectivity index (χ1n) is 13.3. The summed E-state index contributed by atoms with van der Waals surface area (Å²) >= 11 is 0. The van der Waals surface area contributed by atoms with Crippen LogP contribution in [-0.4, -0.2) is 58.9 Å². The minimum absolute atomic E-state index is 0.0805. The van der Waals surface area contributed by atoms with Gasteiger partial charge in [0.1, 0.15) is 23.0 Å². The normalized spacial score (nSPS) is 23.2. The predicted octanol–water partition coefficient (Wildman–Crippen LogP) is 5.79. The molecule has 0 aromatic heterocycles. The van der Waals surface area contributed by atoms with Gasteiger partial charge in [-0.2, -0.15) is 0 Å². The van der Waals surface area contributed by atoms with Crippen LogP contribution in [0.15, 0.2) is 48.5 Å². The fourth-order valence-corrected chi connectivity index (χ4v) is 5.46. The van der Waals surface area contributed by atoms with Crippen molar-refractivity contribution in [1.82, 2.24) is 4.90 Å². The van der Waals surface area contributed by atoms with E-state index in [9.17, 15) is 19.5 Å². The van der Waals surface area contributed by atoms with Crippen LogP contribution < -0.4 is 4.74 Å². The molecular weight excluding hydrogens is 486 g/mol. The highest BCUT2D eigenvalue weighted by atomic mass is 16.6. The van der Waals surface area contributed by atoms with Gasteiger partial charge in [0.25, 0.3) is 0 Å². The number of carboxylic acid groups (broad SMARTS) is 1. The summed E-state index contributed by atoms with van der Waals surface area (Å²) in [4.78, 5) is 38.9. The molecule has 1 aliphatic heterocycles. The molecule has 204 valence electrons. The van der Waals surface area contributed by atoms with Gasteiger partial charge in [-0.05, 0) is 88.5 Å². The molecule has 2 aromatic carbocycles. The second-order valence-electron chi connectivity index (χ2n) is 11.1. The lowest BCUT2D eigenvalue weighted by atomic mass is 9.72. The molecule has 8 heteroatoms. The van der Waals surface area contributed by atoms with Gasteiger partial charge in [0.2, 0.25) is 0 Å². The fourth-order valence-electron chi connectivity index (χ4n) is 5.46. The van der Waals surface area contributed by atoms with Crippen LogP contribution in [0.25, 0.3) is 11.1 Å². The zero-order chi connectivity index (χ0) is 27.4. The molecule has 1 saturated carbocycles. The van der Waals surface area contributed by atoms with Crippen molar-refractivity contribution in [3.63, 3.8) is 0 Å². The van der Waals surface area contributed by atoms with Crippen LogP contribution in [0.1, 0.15) is 63.7 Å². The molecule has 1 amide bonds. The summed E-state index contributed by atoms with van der Waals surface area (Å²) in [6, 6.07) is 14.4. The molecule has 1 saturated heterocycles. The van der Waals surface area contributed by atoms with Crippen molar-refractivity contribution in [3.05, 3.63) is 54.1 Å².